The van der Waals surface area contributed by atoms with Gasteiger partial charge in [-0.25, -0.2) is 9.97 Å². The highest BCUT2D eigenvalue weighted by Crippen LogP contribution is 2.47. The number of benzene rings is 6. The highest BCUT2D eigenvalue weighted by Gasteiger charge is 2.18. The third-order valence-electron chi connectivity index (χ3n) is 8.32. The first-order valence-electron chi connectivity index (χ1n) is 14.7. The van der Waals surface area contributed by atoms with E-state index in [1.807, 2.05) is 46.9 Å². The molecule has 0 saturated carbocycles. The van der Waals surface area contributed by atoms with Crippen LogP contribution in [0.3, 0.4) is 0 Å². The van der Waals surface area contributed by atoms with Crippen LogP contribution in [0, 0.1) is 0 Å². The molecule has 0 radical (unpaired) electrons. The Kier molecular flexibility index (Phi) is 5.90. The molecule has 0 saturated heterocycles. The van der Waals surface area contributed by atoms with Gasteiger partial charge in [0, 0.05) is 68.2 Å². The molecule has 0 aliphatic heterocycles. The fraction of sp³-hybridized carbons (Fsp3) is 0. The Bertz CT molecular complexity index is 2430. The lowest BCUT2D eigenvalue weighted by molar-refractivity contribution is 1.19. The summed E-state index contributed by atoms with van der Waals surface area (Å²) < 4.78 is 5.23. The largest absolute Gasteiger partial charge is 0.228 e. The van der Waals surface area contributed by atoms with Gasteiger partial charge in [0.15, 0.2) is 5.82 Å². The van der Waals surface area contributed by atoms with E-state index in [9.17, 15) is 0 Å². The Hall–Kier alpha value is -5.16. The van der Waals surface area contributed by atoms with E-state index in [-0.39, 0.29) is 0 Å². The lowest BCUT2D eigenvalue weighted by Crippen LogP contribution is -1.96. The second-order valence-corrected chi connectivity index (χ2v) is 13.0. The molecule has 0 aliphatic carbocycles. The van der Waals surface area contributed by atoms with Crippen LogP contribution < -0.4 is 0 Å². The number of hydrogen-bond donors (Lipinski definition) is 0. The Balaban J connectivity index is 1.29. The maximum absolute atomic E-state index is 5.18. The summed E-state index contributed by atoms with van der Waals surface area (Å²) in [5.41, 5.74) is 7.64. The number of rotatable bonds is 4. The molecule has 0 fully saturated rings. The maximum Gasteiger partial charge on any atom is 0.160 e. The van der Waals surface area contributed by atoms with Gasteiger partial charge in [0.25, 0.3) is 0 Å². The van der Waals surface area contributed by atoms with Crippen molar-refractivity contribution in [2.45, 2.75) is 0 Å². The van der Waals surface area contributed by atoms with Gasteiger partial charge in [-0.05, 0) is 18.2 Å². The van der Waals surface area contributed by atoms with Gasteiger partial charge in [-0.1, -0.05) is 127 Å². The van der Waals surface area contributed by atoms with Gasteiger partial charge < -0.3 is 0 Å². The topological polar surface area (TPSA) is 25.8 Å². The molecule has 0 bridgehead atoms. The van der Waals surface area contributed by atoms with Crippen LogP contribution in [-0.4, -0.2) is 9.97 Å². The third kappa shape index (κ3) is 4.07. The van der Waals surface area contributed by atoms with Crippen LogP contribution in [0.15, 0.2) is 146 Å². The zero-order chi connectivity index (χ0) is 29.0. The van der Waals surface area contributed by atoms with E-state index in [1.54, 1.807) is 0 Å². The molecule has 0 aliphatic rings. The molecule has 9 rings (SSSR count). The summed E-state index contributed by atoms with van der Waals surface area (Å²) in [7, 11) is 0. The third-order valence-corrected chi connectivity index (χ3v) is 10.7. The standard InChI is InChI=1S/C40H24N2S2/c1-3-12-25(13-4-1)33-24-34(42-40(41-33)26-14-5-2-6-15-26)31-20-11-23-36-37(31)32-21-10-19-30(39(32)44-36)29-18-9-17-28-27-16-7-8-22-35(27)43-38(28)29/h1-24H. The molecule has 0 unspecified atom stereocenters. The van der Waals surface area contributed by atoms with Crippen molar-refractivity contribution < 1.29 is 0 Å². The van der Waals surface area contributed by atoms with Crippen molar-refractivity contribution in [3.8, 4) is 45.0 Å². The van der Waals surface area contributed by atoms with Crippen LogP contribution in [0.1, 0.15) is 0 Å². The van der Waals surface area contributed by atoms with Crippen molar-refractivity contribution in [1.82, 2.24) is 9.97 Å². The number of fused-ring (bicyclic) bond motifs is 6. The molecule has 3 heterocycles. The monoisotopic (exact) mass is 596 g/mol. The quantitative estimate of drug-likeness (QED) is 0.202. The number of hydrogen-bond acceptors (Lipinski definition) is 4. The first kappa shape index (κ1) is 25.3. The van der Waals surface area contributed by atoms with E-state index in [0.29, 0.717) is 0 Å². The van der Waals surface area contributed by atoms with E-state index in [1.165, 1.54) is 51.5 Å². The Morgan fingerprint density at radius 3 is 1.73 bits per heavy atom. The first-order valence-corrected chi connectivity index (χ1v) is 16.3. The molecule has 0 atom stereocenters. The van der Waals surface area contributed by atoms with Crippen molar-refractivity contribution in [1.29, 1.82) is 0 Å². The average Bonchev–Trinajstić information content (AvgIpc) is 3.68. The average molecular weight is 597 g/mol. The molecular formula is C40H24N2S2. The van der Waals surface area contributed by atoms with Gasteiger partial charge in [0.05, 0.1) is 11.4 Å². The minimum Gasteiger partial charge on any atom is -0.228 e. The Labute approximate surface area is 262 Å². The summed E-state index contributed by atoms with van der Waals surface area (Å²) in [4.78, 5) is 10.2. The second-order valence-electron chi connectivity index (χ2n) is 10.9. The van der Waals surface area contributed by atoms with E-state index in [4.69, 9.17) is 9.97 Å². The van der Waals surface area contributed by atoms with Crippen LogP contribution in [0.2, 0.25) is 0 Å². The predicted molar refractivity (Wildman–Crippen MR) is 190 cm³/mol. The summed E-state index contributed by atoms with van der Waals surface area (Å²) in [6.45, 7) is 0. The van der Waals surface area contributed by atoms with Gasteiger partial charge in [-0.3, -0.25) is 0 Å². The van der Waals surface area contributed by atoms with E-state index >= 15 is 0 Å². The molecule has 4 heteroatoms. The van der Waals surface area contributed by atoms with Crippen molar-refractivity contribution in [3.05, 3.63) is 146 Å². The molecule has 2 nitrogen and oxygen atoms in total. The normalized spacial score (nSPS) is 11.6. The second kappa shape index (κ2) is 10.2. The van der Waals surface area contributed by atoms with Crippen LogP contribution in [-0.2, 0) is 0 Å². The number of aromatic nitrogens is 2. The van der Waals surface area contributed by atoms with E-state index < -0.39 is 0 Å². The zero-order valence-corrected chi connectivity index (χ0v) is 25.2. The van der Waals surface area contributed by atoms with Crippen molar-refractivity contribution in [3.63, 3.8) is 0 Å². The highest BCUT2D eigenvalue weighted by atomic mass is 32.1. The molecule has 6 aromatic carbocycles. The fourth-order valence-electron chi connectivity index (χ4n) is 6.29. The molecular weight excluding hydrogens is 573 g/mol. The van der Waals surface area contributed by atoms with Crippen molar-refractivity contribution in [2.75, 3.05) is 0 Å². The number of thiophene rings is 2. The Morgan fingerprint density at radius 2 is 0.932 bits per heavy atom. The highest BCUT2D eigenvalue weighted by molar-refractivity contribution is 7.27. The zero-order valence-electron chi connectivity index (χ0n) is 23.6. The van der Waals surface area contributed by atoms with E-state index in [2.05, 4.69) is 121 Å². The van der Waals surface area contributed by atoms with Gasteiger partial charge >= 0.3 is 0 Å². The van der Waals surface area contributed by atoms with Crippen LogP contribution in [0.4, 0.5) is 0 Å². The molecule has 3 aromatic heterocycles. The van der Waals surface area contributed by atoms with Gasteiger partial charge in [-0.15, -0.1) is 22.7 Å². The van der Waals surface area contributed by atoms with Crippen molar-refractivity contribution in [2.24, 2.45) is 0 Å². The molecule has 0 spiro atoms. The predicted octanol–water partition coefficient (Wildman–Crippen LogP) is 11.9. The lowest BCUT2D eigenvalue weighted by atomic mass is 9.98. The minimum atomic E-state index is 0.732. The Morgan fingerprint density at radius 1 is 0.386 bits per heavy atom. The van der Waals surface area contributed by atoms with E-state index in [0.717, 1.165) is 33.9 Å². The smallest absolute Gasteiger partial charge is 0.160 e. The SMILES string of the molecule is c1ccc(-c2cc(-c3cccc4sc5c(-c6cccc7c6sc6ccccc67)cccc5c34)nc(-c3ccccc3)n2)cc1. The van der Waals surface area contributed by atoms with Crippen LogP contribution in [0.5, 0.6) is 0 Å². The molecule has 0 N–H and O–H groups in total. The molecule has 9 aromatic rings. The van der Waals surface area contributed by atoms with Crippen LogP contribution >= 0.6 is 22.7 Å². The molecule has 206 valence electrons. The summed E-state index contributed by atoms with van der Waals surface area (Å²) in [5.74, 6) is 0.732. The maximum atomic E-state index is 5.18. The summed E-state index contributed by atoms with van der Waals surface area (Å²) in [6, 6.07) is 51.6. The lowest BCUT2D eigenvalue weighted by Gasteiger charge is -2.11. The fourth-order valence-corrected chi connectivity index (χ4v) is 8.78. The van der Waals surface area contributed by atoms with Crippen molar-refractivity contribution >= 4 is 63.0 Å². The molecule has 0 amide bonds. The summed E-state index contributed by atoms with van der Waals surface area (Å²) in [5, 5.41) is 5.16. The molecule has 44 heavy (non-hydrogen) atoms. The van der Waals surface area contributed by atoms with Gasteiger partial charge in [0.2, 0.25) is 0 Å². The van der Waals surface area contributed by atoms with Crippen LogP contribution in [0.25, 0.3) is 85.4 Å². The van der Waals surface area contributed by atoms with Gasteiger partial charge in [-0.2, -0.15) is 0 Å². The summed E-state index contributed by atoms with van der Waals surface area (Å²) >= 11 is 3.76. The minimum absolute atomic E-state index is 0.732. The number of nitrogens with zero attached hydrogens (tertiary/aromatic N) is 2. The first-order chi connectivity index (χ1) is 21.8. The van der Waals surface area contributed by atoms with Gasteiger partial charge in [0.1, 0.15) is 0 Å². The summed E-state index contributed by atoms with van der Waals surface area (Å²) in [6.07, 6.45) is 0.